The number of nitriles is 1. The van der Waals surface area contributed by atoms with Crippen LogP contribution in [0, 0.1) is 11.3 Å². The summed E-state index contributed by atoms with van der Waals surface area (Å²) in [4.78, 5) is 12.5. The zero-order chi connectivity index (χ0) is 23.4. The molecule has 3 aromatic rings. The van der Waals surface area contributed by atoms with Gasteiger partial charge in [0.15, 0.2) is 0 Å². The van der Waals surface area contributed by atoms with E-state index in [1.165, 1.54) is 12.1 Å². The molecule has 2 aromatic carbocycles. The van der Waals surface area contributed by atoms with Gasteiger partial charge in [0.05, 0.1) is 11.7 Å². The van der Waals surface area contributed by atoms with Gasteiger partial charge in [0.1, 0.15) is 11.6 Å². The molecule has 1 N–H and O–H groups in total. The number of alkyl halides is 3. The molecule has 1 aliphatic rings. The summed E-state index contributed by atoms with van der Waals surface area (Å²) in [6.07, 6.45) is 0.623. The van der Waals surface area contributed by atoms with Crippen LogP contribution in [0.25, 0.3) is 17.0 Å². The number of nitrogens with zero attached hydrogens (tertiary/aromatic N) is 2. The Hall–Kier alpha value is -3.57. The third kappa shape index (κ3) is 5.26. The van der Waals surface area contributed by atoms with Crippen molar-refractivity contribution in [3.05, 3.63) is 77.0 Å². The van der Waals surface area contributed by atoms with Crippen LogP contribution in [0.5, 0.6) is 0 Å². The minimum absolute atomic E-state index is 0.0386. The Labute approximate surface area is 189 Å². The van der Waals surface area contributed by atoms with Gasteiger partial charge in [0, 0.05) is 42.4 Å². The summed E-state index contributed by atoms with van der Waals surface area (Å²) >= 11 is 0. The van der Waals surface area contributed by atoms with Gasteiger partial charge in [-0.25, -0.2) is 0 Å². The van der Waals surface area contributed by atoms with E-state index in [0.717, 1.165) is 35.9 Å². The number of halogens is 3. The molecule has 0 aliphatic carbocycles. The average molecular weight is 453 g/mol. The summed E-state index contributed by atoms with van der Waals surface area (Å²) < 4.78 is 46.6. The van der Waals surface area contributed by atoms with Crippen molar-refractivity contribution < 1.29 is 22.7 Å². The number of fused-ring (bicyclic) bond motifs is 1. The number of amides is 1. The third-order valence-electron chi connectivity index (χ3n) is 5.61. The molecule has 2 heterocycles. The first-order valence-electron chi connectivity index (χ1n) is 10.6. The quantitative estimate of drug-likeness (QED) is 0.426. The lowest BCUT2D eigenvalue weighted by Gasteiger charge is -2.10. The average Bonchev–Trinajstić information content (AvgIpc) is 3.44. The van der Waals surface area contributed by atoms with Crippen molar-refractivity contribution in [1.82, 2.24) is 9.88 Å². The molecule has 1 fully saturated rings. The van der Waals surface area contributed by atoms with Gasteiger partial charge < -0.3 is 14.6 Å². The van der Waals surface area contributed by atoms with Crippen LogP contribution in [0.15, 0.2) is 60.3 Å². The number of para-hydroxylation sites is 1. The summed E-state index contributed by atoms with van der Waals surface area (Å²) in [5.74, 6) is -0.484. The summed E-state index contributed by atoms with van der Waals surface area (Å²) in [5, 5.41) is 13.1. The molecule has 0 bridgehead atoms. The van der Waals surface area contributed by atoms with Crippen LogP contribution in [-0.4, -0.2) is 29.7 Å². The van der Waals surface area contributed by atoms with Crippen LogP contribution in [0.2, 0.25) is 0 Å². The van der Waals surface area contributed by atoms with E-state index in [-0.39, 0.29) is 18.2 Å². The van der Waals surface area contributed by atoms with Crippen LogP contribution in [0.1, 0.15) is 29.5 Å². The van der Waals surface area contributed by atoms with Crippen molar-refractivity contribution in [2.45, 2.75) is 31.7 Å². The van der Waals surface area contributed by atoms with Gasteiger partial charge in [0.2, 0.25) is 0 Å². The molecule has 5 nitrogen and oxygen atoms in total. The SMILES string of the molecule is N#C/C(=C\c1cn(Cc2cccc(C(F)(F)F)c2)c2ccccc12)C(=O)NC[C@H]1CCCO1. The van der Waals surface area contributed by atoms with E-state index in [9.17, 15) is 23.2 Å². The maximum absolute atomic E-state index is 13.1. The Kier molecular flexibility index (Phi) is 6.52. The molecule has 0 unspecified atom stereocenters. The summed E-state index contributed by atoms with van der Waals surface area (Å²) in [6.45, 7) is 1.23. The number of carbonyl (C=O) groups is 1. The van der Waals surface area contributed by atoms with Crippen LogP contribution in [0.4, 0.5) is 13.2 Å². The standard InChI is InChI=1S/C25H22F3N3O2/c26-25(27,28)20-6-3-5-17(11-20)15-31-16-19(22-8-1-2-9-23(22)31)12-18(13-29)24(32)30-14-21-7-4-10-33-21/h1-3,5-6,8-9,11-12,16,21H,4,7,10,14-15H2,(H,30,32)/b18-12+/t21-/m1/s1. The first-order valence-corrected chi connectivity index (χ1v) is 10.6. The fraction of sp³-hybridized carbons (Fsp3) is 0.280. The lowest BCUT2D eigenvalue weighted by atomic mass is 10.1. The molecule has 0 saturated carbocycles. The molecule has 1 saturated heterocycles. The minimum Gasteiger partial charge on any atom is -0.376 e. The van der Waals surface area contributed by atoms with Gasteiger partial charge in [-0.3, -0.25) is 4.79 Å². The summed E-state index contributed by atoms with van der Waals surface area (Å²) in [7, 11) is 0. The molecule has 1 atom stereocenters. The van der Waals surface area contributed by atoms with Gasteiger partial charge >= 0.3 is 6.18 Å². The van der Waals surface area contributed by atoms with E-state index in [1.54, 1.807) is 12.3 Å². The van der Waals surface area contributed by atoms with Gasteiger partial charge in [-0.2, -0.15) is 18.4 Å². The van der Waals surface area contributed by atoms with E-state index >= 15 is 0 Å². The molecule has 0 radical (unpaired) electrons. The van der Waals surface area contributed by atoms with E-state index < -0.39 is 17.6 Å². The van der Waals surface area contributed by atoms with Crippen molar-refractivity contribution in [2.24, 2.45) is 0 Å². The van der Waals surface area contributed by atoms with Crippen molar-refractivity contribution in [2.75, 3.05) is 13.2 Å². The Morgan fingerprint density at radius 1 is 1.24 bits per heavy atom. The number of hydrogen-bond donors (Lipinski definition) is 1. The Balaban J connectivity index is 1.61. The first kappa shape index (κ1) is 22.6. The second kappa shape index (κ2) is 9.51. The monoisotopic (exact) mass is 453 g/mol. The number of carbonyl (C=O) groups excluding carboxylic acids is 1. The van der Waals surface area contributed by atoms with Crippen molar-refractivity contribution in [3.8, 4) is 6.07 Å². The fourth-order valence-corrected chi connectivity index (χ4v) is 3.97. The highest BCUT2D eigenvalue weighted by Crippen LogP contribution is 2.30. The maximum atomic E-state index is 13.1. The molecule has 1 amide bonds. The topological polar surface area (TPSA) is 67.0 Å². The van der Waals surface area contributed by atoms with Gasteiger partial charge in [-0.05, 0) is 42.7 Å². The normalized spacial score (nSPS) is 16.7. The highest BCUT2D eigenvalue weighted by atomic mass is 19.4. The zero-order valence-corrected chi connectivity index (χ0v) is 17.7. The van der Waals surface area contributed by atoms with E-state index in [2.05, 4.69) is 5.32 Å². The maximum Gasteiger partial charge on any atom is 0.416 e. The summed E-state index contributed by atoms with van der Waals surface area (Å²) in [5.41, 5.74) is 1.18. The van der Waals surface area contributed by atoms with Gasteiger partial charge in [-0.1, -0.05) is 30.3 Å². The van der Waals surface area contributed by atoms with E-state index in [4.69, 9.17) is 4.74 Å². The van der Waals surface area contributed by atoms with Crippen molar-refractivity contribution in [1.29, 1.82) is 5.26 Å². The Morgan fingerprint density at radius 2 is 2.06 bits per heavy atom. The summed E-state index contributed by atoms with van der Waals surface area (Å²) in [6, 6.07) is 14.5. The molecule has 33 heavy (non-hydrogen) atoms. The number of benzene rings is 2. The van der Waals surface area contributed by atoms with E-state index in [0.29, 0.717) is 24.3 Å². The lowest BCUT2D eigenvalue weighted by molar-refractivity contribution is -0.137. The van der Waals surface area contributed by atoms with Crippen molar-refractivity contribution in [3.63, 3.8) is 0 Å². The highest BCUT2D eigenvalue weighted by molar-refractivity contribution is 6.04. The molecule has 0 spiro atoms. The van der Waals surface area contributed by atoms with Crippen molar-refractivity contribution >= 4 is 22.9 Å². The largest absolute Gasteiger partial charge is 0.416 e. The fourth-order valence-electron chi connectivity index (χ4n) is 3.97. The number of hydrogen-bond acceptors (Lipinski definition) is 3. The first-order chi connectivity index (χ1) is 15.8. The Bertz CT molecular complexity index is 1230. The number of ether oxygens (including phenoxy) is 1. The molecule has 4 rings (SSSR count). The van der Waals surface area contributed by atoms with Gasteiger partial charge in [0.25, 0.3) is 5.91 Å². The molecule has 8 heteroatoms. The molecule has 1 aliphatic heterocycles. The second-order valence-corrected chi connectivity index (χ2v) is 7.94. The Morgan fingerprint density at radius 3 is 2.79 bits per heavy atom. The zero-order valence-electron chi connectivity index (χ0n) is 17.7. The molecular formula is C25H22F3N3O2. The molecular weight excluding hydrogens is 431 g/mol. The predicted octanol–water partition coefficient (Wildman–Crippen LogP) is 4.91. The lowest BCUT2D eigenvalue weighted by Crippen LogP contribution is -2.32. The molecule has 1 aromatic heterocycles. The predicted molar refractivity (Wildman–Crippen MR) is 118 cm³/mol. The van der Waals surface area contributed by atoms with Gasteiger partial charge in [-0.15, -0.1) is 0 Å². The number of nitrogens with one attached hydrogen (secondary N) is 1. The van der Waals surface area contributed by atoms with Crippen LogP contribution in [0.3, 0.4) is 0 Å². The highest BCUT2D eigenvalue weighted by Gasteiger charge is 2.30. The van der Waals surface area contributed by atoms with Crippen LogP contribution < -0.4 is 5.32 Å². The third-order valence-corrected chi connectivity index (χ3v) is 5.61. The van der Waals surface area contributed by atoms with Crippen LogP contribution >= 0.6 is 0 Å². The smallest absolute Gasteiger partial charge is 0.376 e. The van der Waals surface area contributed by atoms with E-state index in [1.807, 2.05) is 34.9 Å². The molecule has 170 valence electrons. The second-order valence-electron chi connectivity index (χ2n) is 7.94. The minimum atomic E-state index is -4.42. The number of aromatic nitrogens is 1. The number of rotatable bonds is 6. The van der Waals surface area contributed by atoms with Crippen LogP contribution in [-0.2, 0) is 22.3 Å².